The van der Waals surface area contributed by atoms with Crippen LogP contribution in [0.5, 0.6) is 0 Å². The maximum atomic E-state index is 12.8. The molecule has 0 saturated heterocycles. The summed E-state index contributed by atoms with van der Waals surface area (Å²) in [6.45, 7) is 2.00. The summed E-state index contributed by atoms with van der Waals surface area (Å²) in [6.07, 6.45) is -0.249. The van der Waals surface area contributed by atoms with E-state index in [4.69, 9.17) is 4.74 Å². The van der Waals surface area contributed by atoms with E-state index in [1.807, 2.05) is 54.6 Å². The predicted octanol–water partition coefficient (Wildman–Crippen LogP) is 5.00. The molecule has 0 saturated carbocycles. The summed E-state index contributed by atoms with van der Waals surface area (Å²) in [5.41, 5.74) is 3.65. The number of ketones is 1. The molecule has 27 heavy (non-hydrogen) atoms. The van der Waals surface area contributed by atoms with Gasteiger partial charge in [0.15, 0.2) is 5.78 Å². The summed E-state index contributed by atoms with van der Waals surface area (Å²) in [4.78, 5) is 24.6. The minimum absolute atomic E-state index is 0.0882. The molecule has 0 fully saturated rings. The van der Waals surface area contributed by atoms with Crippen molar-refractivity contribution >= 4 is 11.8 Å². The first-order valence-electron chi connectivity index (χ1n) is 9.08. The Kier molecular flexibility index (Phi) is 6.16. The van der Waals surface area contributed by atoms with Crippen LogP contribution in [0.2, 0.25) is 0 Å². The molecular weight excluding hydrogens is 336 g/mol. The number of Topliss-reactive ketones (excluding diaryl/α,β-unsaturated/α-hetero) is 1. The Hall–Kier alpha value is -3.20. The highest BCUT2D eigenvalue weighted by Gasteiger charge is 2.23. The van der Waals surface area contributed by atoms with Gasteiger partial charge in [-0.2, -0.15) is 0 Å². The topological polar surface area (TPSA) is 43.4 Å². The monoisotopic (exact) mass is 358 g/mol. The van der Waals surface area contributed by atoms with Gasteiger partial charge in [-0.1, -0.05) is 84.9 Å². The smallest absolute Gasteiger partial charge is 0.313 e. The van der Waals surface area contributed by atoms with Crippen LogP contribution in [0.15, 0.2) is 84.9 Å². The Morgan fingerprint density at radius 3 is 1.85 bits per heavy atom. The lowest BCUT2D eigenvalue weighted by atomic mass is 9.82. The second-order valence-corrected chi connectivity index (χ2v) is 6.25. The lowest BCUT2D eigenvalue weighted by molar-refractivity contribution is -0.141. The molecule has 0 unspecified atom stereocenters. The third-order valence-electron chi connectivity index (χ3n) is 4.45. The van der Waals surface area contributed by atoms with Crippen LogP contribution >= 0.6 is 0 Å². The van der Waals surface area contributed by atoms with Crippen LogP contribution < -0.4 is 0 Å². The van der Waals surface area contributed by atoms with Gasteiger partial charge in [0.25, 0.3) is 0 Å². The van der Waals surface area contributed by atoms with E-state index in [1.165, 1.54) is 0 Å². The second-order valence-electron chi connectivity index (χ2n) is 6.25. The summed E-state index contributed by atoms with van der Waals surface area (Å²) < 4.78 is 4.94. The molecule has 3 nitrogen and oxygen atoms in total. The molecule has 3 heteroatoms. The molecule has 0 aromatic heterocycles. The maximum Gasteiger partial charge on any atom is 0.313 e. The van der Waals surface area contributed by atoms with Crippen LogP contribution in [0.4, 0.5) is 0 Å². The van der Waals surface area contributed by atoms with Crippen molar-refractivity contribution in [2.45, 2.75) is 19.3 Å². The minimum Gasteiger partial charge on any atom is -0.466 e. The SMILES string of the molecule is CCOC(=O)CC(=O)c1ccccc1C(c1ccccc1)c1ccccc1. The zero-order valence-corrected chi connectivity index (χ0v) is 15.3. The highest BCUT2D eigenvalue weighted by Crippen LogP contribution is 2.34. The van der Waals surface area contributed by atoms with E-state index in [0.717, 1.165) is 16.7 Å². The zero-order valence-electron chi connectivity index (χ0n) is 15.3. The lowest BCUT2D eigenvalue weighted by Gasteiger charge is -2.21. The Balaban J connectivity index is 2.06. The highest BCUT2D eigenvalue weighted by molar-refractivity contribution is 6.07. The van der Waals surface area contributed by atoms with Gasteiger partial charge >= 0.3 is 5.97 Å². The average molecular weight is 358 g/mol. The van der Waals surface area contributed by atoms with E-state index in [2.05, 4.69) is 24.3 Å². The number of esters is 1. The Labute approximate surface area is 159 Å². The highest BCUT2D eigenvalue weighted by atomic mass is 16.5. The van der Waals surface area contributed by atoms with Crippen molar-refractivity contribution in [1.82, 2.24) is 0 Å². The maximum absolute atomic E-state index is 12.8. The lowest BCUT2D eigenvalue weighted by Crippen LogP contribution is -2.15. The summed E-state index contributed by atoms with van der Waals surface area (Å²) >= 11 is 0. The van der Waals surface area contributed by atoms with Crippen LogP contribution in [0, 0.1) is 0 Å². The van der Waals surface area contributed by atoms with Crippen molar-refractivity contribution in [3.63, 3.8) is 0 Å². The molecule has 0 bridgehead atoms. The van der Waals surface area contributed by atoms with Gasteiger partial charge in [-0.15, -0.1) is 0 Å². The van der Waals surface area contributed by atoms with Crippen LogP contribution in [0.25, 0.3) is 0 Å². The molecule has 0 aliphatic heterocycles. The molecule has 136 valence electrons. The van der Waals surface area contributed by atoms with Crippen molar-refractivity contribution in [3.05, 3.63) is 107 Å². The first-order valence-corrected chi connectivity index (χ1v) is 9.08. The molecule has 3 aromatic rings. The van der Waals surface area contributed by atoms with E-state index in [0.29, 0.717) is 5.56 Å². The van der Waals surface area contributed by atoms with Crippen molar-refractivity contribution in [2.24, 2.45) is 0 Å². The molecule has 0 aliphatic rings. The number of carbonyl (C=O) groups excluding carboxylic acids is 2. The van der Waals surface area contributed by atoms with Gasteiger partial charge in [0.05, 0.1) is 6.61 Å². The molecule has 0 aliphatic carbocycles. The normalized spacial score (nSPS) is 10.6. The molecule has 0 amide bonds. The minimum atomic E-state index is -0.492. The Morgan fingerprint density at radius 2 is 1.30 bits per heavy atom. The first kappa shape index (κ1) is 18.6. The predicted molar refractivity (Wildman–Crippen MR) is 106 cm³/mol. The van der Waals surface area contributed by atoms with E-state index in [-0.39, 0.29) is 24.7 Å². The molecular formula is C24H22O3. The molecule has 3 rings (SSSR count). The van der Waals surface area contributed by atoms with Crippen LogP contribution in [-0.2, 0) is 9.53 Å². The van der Waals surface area contributed by atoms with Crippen LogP contribution in [0.3, 0.4) is 0 Å². The Morgan fingerprint density at radius 1 is 0.778 bits per heavy atom. The fraction of sp³-hybridized carbons (Fsp3) is 0.167. The number of hydrogen-bond acceptors (Lipinski definition) is 3. The largest absolute Gasteiger partial charge is 0.466 e. The second kappa shape index (κ2) is 8.95. The van der Waals surface area contributed by atoms with Gasteiger partial charge in [0.2, 0.25) is 0 Å². The summed E-state index contributed by atoms with van der Waals surface area (Å²) in [5, 5.41) is 0. The van der Waals surface area contributed by atoms with E-state index in [1.54, 1.807) is 13.0 Å². The molecule has 0 spiro atoms. The van der Waals surface area contributed by atoms with Crippen molar-refractivity contribution in [1.29, 1.82) is 0 Å². The van der Waals surface area contributed by atoms with Crippen molar-refractivity contribution in [3.8, 4) is 0 Å². The third-order valence-corrected chi connectivity index (χ3v) is 4.45. The van der Waals surface area contributed by atoms with Crippen molar-refractivity contribution < 1.29 is 14.3 Å². The van der Waals surface area contributed by atoms with Gasteiger partial charge in [0.1, 0.15) is 6.42 Å². The average Bonchev–Trinajstić information content (AvgIpc) is 2.70. The Bertz CT molecular complexity index is 862. The van der Waals surface area contributed by atoms with Gasteiger partial charge in [-0.3, -0.25) is 9.59 Å². The molecule has 3 aromatic carbocycles. The third kappa shape index (κ3) is 4.50. The van der Waals surface area contributed by atoms with Gasteiger partial charge < -0.3 is 4.74 Å². The molecule has 0 heterocycles. The van der Waals surface area contributed by atoms with Gasteiger partial charge in [-0.25, -0.2) is 0 Å². The number of hydrogen-bond donors (Lipinski definition) is 0. The summed E-state index contributed by atoms with van der Waals surface area (Å²) in [7, 11) is 0. The summed E-state index contributed by atoms with van der Waals surface area (Å²) in [6, 6.07) is 27.7. The van der Waals surface area contributed by atoms with E-state index < -0.39 is 5.97 Å². The van der Waals surface area contributed by atoms with E-state index >= 15 is 0 Å². The van der Waals surface area contributed by atoms with Gasteiger partial charge in [0, 0.05) is 11.5 Å². The quantitative estimate of drug-likeness (QED) is 0.258. The standard InChI is InChI=1S/C24H22O3/c1-2-27-23(26)17-22(25)20-15-9-10-16-21(20)24(18-11-5-3-6-12-18)19-13-7-4-8-14-19/h3-16,24H,2,17H2,1H3. The van der Waals surface area contributed by atoms with E-state index in [9.17, 15) is 9.59 Å². The number of carbonyl (C=O) groups is 2. The fourth-order valence-corrected chi connectivity index (χ4v) is 3.28. The van der Waals surface area contributed by atoms with Gasteiger partial charge in [-0.05, 0) is 23.6 Å². The van der Waals surface area contributed by atoms with Crippen LogP contribution in [-0.4, -0.2) is 18.4 Å². The molecule has 0 atom stereocenters. The zero-order chi connectivity index (χ0) is 19.1. The van der Waals surface area contributed by atoms with Crippen LogP contribution in [0.1, 0.15) is 46.3 Å². The van der Waals surface area contributed by atoms with Crippen molar-refractivity contribution in [2.75, 3.05) is 6.61 Å². The molecule has 0 N–H and O–H groups in total. The fourth-order valence-electron chi connectivity index (χ4n) is 3.28. The molecule has 0 radical (unpaired) electrons. The first-order chi connectivity index (χ1) is 13.2. The number of benzene rings is 3. The number of ether oxygens (including phenoxy) is 1. The number of rotatable bonds is 7. The summed E-state index contributed by atoms with van der Waals surface area (Å²) in [5.74, 6) is -0.802.